The van der Waals surface area contributed by atoms with Crippen molar-refractivity contribution < 1.29 is 0 Å². The summed E-state index contributed by atoms with van der Waals surface area (Å²) in [4.78, 5) is 0. The summed E-state index contributed by atoms with van der Waals surface area (Å²) in [5.74, 6) is 0. The van der Waals surface area contributed by atoms with Crippen LogP contribution in [-0.4, -0.2) is 16.8 Å². The van der Waals surface area contributed by atoms with Crippen molar-refractivity contribution in [2.45, 2.75) is 20.0 Å². The van der Waals surface area contributed by atoms with Crippen molar-refractivity contribution in [3.8, 4) is 11.1 Å². The van der Waals surface area contributed by atoms with Crippen LogP contribution in [0.3, 0.4) is 0 Å². The Morgan fingerprint density at radius 2 is 2.12 bits per heavy atom. The molecule has 0 saturated carbocycles. The van der Waals surface area contributed by atoms with E-state index in [1.54, 1.807) is 0 Å². The lowest BCUT2D eigenvalue weighted by Crippen LogP contribution is -2.06. The molecule has 0 aliphatic carbocycles. The van der Waals surface area contributed by atoms with Gasteiger partial charge in [0.2, 0.25) is 0 Å². The molecular formula is C13H17N3. The van der Waals surface area contributed by atoms with Crippen LogP contribution in [0.5, 0.6) is 0 Å². The van der Waals surface area contributed by atoms with Crippen LogP contribution in [0.2, 0.25) is 0 Å². The summed E-state index contributed by atoms with van der Waals surface area (Å²) in [5, 5.41) is 7.50. The van der Waals surface area contributed by atoms with Crippen LogP contribution in [0.15, 0.2) is 36.7 Å². The normalized spacial score (nSPS) is 10.6. The average molecular weight is 215 g/mol. The molecule has 0 bridgehead atoms. The molecule has 1 heterocycles. The zero-order valence-corrected chi connectivity index (χ0v) is 9.77. The monoisotopic (exact) mass is 215 g/mol. The molecule has 0 fully saturated rings. The molecule has 84 valence electrons. The molecule has 1 aromatic carbocycles. The lowest BCUT2D eigenvalue weighted by Gasteiger charge is -2.06. The van der Waals surface area contributed by atoms with E-state index in [9.17, 15) is 0 Å². The van der Waals surface area contributed by atoms with E-state index >= 15 is 0 Å². The number of aryl methyl sites for hydroxylation is 1. The van der Waals surface area contributed by atoms with Gasteiger partial charge in [-0.3, -0.25) is 4.68 Å². The van der Waals surface area contributed by atoms with E-state index in [1.807, 2.05) is 17.9 Å². The molecule has 2 aromatic rings. The minimum Gasteiger partial charge on any atom is -0.316 e. The molecule has 0 spiro atoms. The van der Waals surface area contributed by atoms with Gasteiger partial charge in [-0.05, 0) is 25.1 Å². The highest BCUT2D eigenvalue weighted by atomic mass is 15.3. The second-order valence-electron chi connectivity index (χ2n) is 3.77. The second-order valence-corrected chi connectivity index (χ2v) is 3.77. The Labute approximate surface area is 96.1 Å². The van der Waals surface area contributed by atoms with Gasteiger partial charge in [0.15, 0.2) is 0 Å². The summed E-state index contributed by atoms with van der Waals surface area (Å²) in [6.07, 6.45) is 4.02. The molecule has 0 radical (unpaired) electrons. The van der Waals surface area contributed by atoms with Crippen molar-refractivity contribution in [3.63, 3.8) is 0 Å². The predicted octanol–water partition coefficient (Wildman–Crippen LogP) is 2.29. The van der Waals surface area contributed by atoms with E-state index in [-0.39, 0.29) is 0 Å². The minimum absolute atomic E-state index is 0.882. The molecule has 0 saturated heterocycles. The van der Waals surface area contributed by atoms with Gasteiger partial charge < -0.3 is 5.32 Å². The number of nitrogens with zero attached hydrogens (tertiary/aromatic N) is 2. The highest BCUT2D eigenvalue weighted by Gasteiger charge is 2.05. The van der Waals surface area contributed by atoms with Crippen molar-refractivity contribution in [2.75, 3.05) is 7.05 Å². The molecule has 3 heteroatoms. The summed E-state index contributed by atoms with van der Waals surface area (Å²) in [7, 11) is 1.96. The SMILES string of the molecule is CCn1cc(-c2ccccc2CNC)cn1. The highest BCUT2D eigenvalue weighted by Crippen LogP contribution is 2.22. The van der Waals surface area contributed by atoms with Crippen LogP contribution in [0.25, 0.3) is 11.1 Å². The quantitative estimate of drug-likeness (QED) is 0.848. The molecule has 1 N–H and O–H groups in total. The van der Waals surface area contributed by atoms with Gasteiger partial charge in [0.1, 0.15) is 0 Å². The fourth-order valence-corrected chi connectivity index (χ4v) is 1.82. The summed E-state index contributed by atoms with van der Waals surface area (Å²) in [5.41, 5.74) is 3.75. The van der Waals surface area contributed by atoms with Gasteiger partial charge in [-0.15, -0.1) is 0 Å². The molecule has 2 rings (SSSR count). The fourth-order valence-electron chi connectivity index (χ4n) is 1.82. The molecule has 0 aliphatic rings. The zero-order valence-electron chi connectivity index (χ0n) is 9.77. The first-order chi connectivity index (χ1) is 7.85. The lowest BCUT2D eigenvalue weighted by atomic mass is 10.0. The summed E-state index contributed by atoms with van der Waals surface area (Å²) < 4.78 is 1.95. The van der Waals surface area contributed by atoms with Gasteiger partial charge in [0.25, 0.3) is 0 Å². The van der Waals surface area contributed by atoms with Crippen LogP contribution in [0, 0.1) is 0 Å². The third kappa shape index (κ3) is 2.14. The Morgan fingerprint density at radius 3 is 2.81 bits per heavy atom. The van der Waals surface area contributed by atoms with Crippen molar-refractivity contribution in [3.05, 3.63) is 42.2 Å². The number of nitrogens with one attached hydrogen (secondary N) is 1. The van der Waals surface area contributed by atoms with Crippen LogP contribution in [0.4, 0.5) is 0 Å². The molecule has 0 amide bonds. The number of hydrogen-bond acceptors (Lipinski definition) is 2. The van der Waals surface area contributed by atoms with E-state index in [4.69, 9.17) is 0 Å². The zero-order chi connectivity index (χ0) is 11.4. The van der Waals surface area contributed by atoms with Crippen LogP contribution < -0.4 is 5.32 Å². The molecule has 0 unspecified atom stereocenters. The van der Waals surface area contributed by atoms with Crippen molar-refractivity contribution in [1.29, 1.82) is 0 Å². The Bertz CT molecular complexity index is 460. The molecule has 3 nitrogen and oxygen atoms in total. The molecule has 0 aliphatic heterocycles. The van der Waals surface area contributed by atoms with Crippen LogP contribution >= 0.6 is 0 Å². The van der Waals surface area contributed by atoms with E-state index in [1.165, 1.54) is 16.7 Å². The molecule has 16 heavy (non-hydrogen) atoms. The van der Waals surface area contributed by atoms with Crippen LogP contribution in [0.1, 0.15) is 12.5 Å². The first-order valence-electron chi connectivity index (χ1n) is 5.60. The van der Waals surface area contributed by atoms with Crippen molar-refractivity contribution >= 4 is 0 Å². The molecule has 1 aromatic heterocycles. The fraction of sp³-hybridized carbons (Fsp3) is 0.308. The number of hydrogen-bond donors (Lipinski definition) is 1. The summed E-state index contributed by atoms with van der Waals surface area (Å²) in [6, 6.07) is 8.43. The summed E-state index contributed by atoms with van der Waals surface area (Å²) >= 11 is 0. The van der Waals surface area contributed by atoms with E-state index in [0.717, 1.165) is 13.1 Å². The maximum Gasteiger partial charge on any atom is 0.0568 e. The molecule has 0 atom stereocenters. The predicted molar refractivity (Wildman–Crippen MR) is 66.1 cm³/mol. The van der Waals surface area contributed by atoms with Gasteiger partial charge in [0, 0.05) is 24.8 Å². The van der Waals surface area contributed by atoms with Gasteiger partial charge in [-0.2, -0.15) is 5.10 Å². The van der Waals surface area contributed by atoms with Crippen molar-refractivity contribution in [1.82, 2.24) is 15.1 Å². The minimum atomic E-state index is 0.882. The Balaban J connectivity index is 2.38. The topological polar surface area (TPSA) is 29.9 Å². The van der Waals surface area contributed by atoms with E-state index in [0.29, 0.717) is 0 Å². The van der Waals surface area contributed by atoms with Gasteiger partial charge >= 0.3 is 0 Å². The first-order valence-corrected chi connectivity index (χ1v) is 5.60. The van der Waals surface area contributed by atoms with Gasteiger partial charge in [0.05, 0.1) is 6.20 Å². The Hall–Kier alpha value is -1.61. The number of benzene rings is 1. The van der Waals surface area contributed by atoms with E-state index in [2.05, 4.69) is 47.8 Å². The Kier molecular flexibility index (Phi) is 3.37. The Morgan fingerprint density at radius 1 is 1.31 bits per heavy atom. The first kappa shape index (κ1) is 10.9. The standard InChI is InChI=1S/C13H17N3/c1-3-16-10-12(9-15-16)13-7-5-4-6-11(13)8-14-2/h4-7,9-10,14H,3,8H2,1-2H3. The van der Waals surface area contributed by atoms with Gasteiger partial charge in [-0.25, -0.2) is 0 Å². The third-order valence-corrected chi connectivity index (χ3v) is 2.65. The summed E-state index contributed by atoms with van der Waals surface area (Å²) in [6.45, 7) is 3.89. The average Bonchev–Trinajstić information content (AvgIpc) is 2.79. The largest absolute Gasteiger partial charge is 0.316 e. The lowest BCUT2D eigenvalue weighted by molar-refractivity contribution is 0.660. The highest BCUT2D eigenvalue weighted by molar-refractivity contribution is 5.65. The smallest absolute Gasteiger partial charge is 0.0568 e. The maximum atomic E-state index is 4.31. The van der Waals surface area contributed by atoms with Crippen molar-refractivity contribution in [2.24, 2.45) is 0 Å². The second kappa shape index (κ2) is 4.94. The van der Waals surface area contributed by atoms with Crippen LogP contribution in [-0.2, 0) is 13.1 Å². The van der Waals surface area contributed by atoms with E-state index < -0.39 is 0 Å². The third-order valence-electron chi connectivity index (χ3n) is 2.65. The molecular weight excluding hydrogens is 198 g/mol. The van der Waals surface area contributed by atoms with Gasteiger partial charge in [-0.1, -0.05) is 24.3 Å². The number of rotatable bonds is 4. The number of aromatic nitrogens is 2. The maximum absolute atomic E-state index is 4.31.